The van der Waals surface area contributed by atoms with Crippen LogP contribution in [-0.2, 0) is 0 Å². The third kappa shape index (κ3) is 2.60. The van der Waals surface area contributed by atoms with Gasteiger partial charge in [0, 0.05) is 6.20 Å². The number of hydrazine groups is 2. The van der Waals surface area contributed by atoms with Crippen LogP contribution in [-0.4, -0.2) is 10.8 Å². The molecule has 1 aliphatic heterocycles. The molecule has 0 saturated heterocycles. The van der Waals surface area contributed by atoms with Crippen LogP contribution in [0.5, 0.6) is 0 Å². The Labute approximate surface area is 134 Å². The minimum Gasteiger partial charge on any atom is -0.257 e. The quantitative estimate of drug-likeness (QED) is 0.807. The van der Waals surface area contributed by atoms with E-state index in [1.165, 1.54) is 0 Å². The summed E-state index contributed by atoms with van der Waals surface area (Å²) in [5, 5.41) is 8.42. The molecule has 1 aliphatic rings. The summed E-state index contributed by atoms with van der Waals surface area (Å²) in [6.45, 7) is 0. The van der Waals surface area contributed by atoms with Crippen molar-refractivity contribution in [2.45, 2.75) is 0 Å². The Morgan fingerprint density at radius 3 is 2.00 bits per heavy atom. The Hall–Kier alpha value is -3.34. The second kappa shape index (κ2) is 5.81. The van der Waals surface area contributed by atoms with Crippen molar-refractivity contribution in [3.63, 3.8) is 0 Å². The zero-order chi connectivity index (χ0) is 15.5. The number of hydrogen-bond acceptors (Lipinski definition) is 5. The van der Waals surface area contributed by atoms with Gasteiger partial charge in [-0.05, 0) is 36.4 Å². The van der Waals surface area contributed by atoms with Gasteiger partial charge in [0.1, 0.15) is 5.69 Å². The van der Waals surface area contributed by atoms with Crippen molar-refractivity contribution < 1.29 is 0 Å². The number of aromatic nitrogens is 1. The number of anilines is 2. The van der Waals surface area contributed by atoms with Gasteiger partial charge >= 0.3 is 0 Å². The maximum Gasteiger partial charge on any atom is 0.194 e. The van der Waals surface area contributed by atoms with Gasteiger partial charge in [0.2, 0.25) is 0 Å². The molecule has 0 spiro atoms. The first-order chi connectivity index (χ1) is 11.4. The van der Waals surface area contributed by atoms with Crippen LogP contribution in [0.3, 0.4) is 0 Å². The zero-order valence-corrected chi connectivity index (χ0v) is 12.4. The van der Waals surface area contributed by atoms with E-state index < -0.39 is 0 Å². The lowest BCUT2D eigenvalue weighted by molar-refractivity contribution is 0.770. The van der Waals surface area contributed by atoms with E-state index in [0.29, 0.717) is 5.84 Å². The number of nitrogens with one attached hydrogen (secondary N) is 1. The molecule has 0 atom stereocenters. The Bertz CT molecular complexity index is 803. The fourth-order valence-corrected chi connectivity index (χ4v) is 2.40. The van der Waals surface area contributed by atoms with E-state index in [0.717, 1.165) is 17.1 Å². The molecule has 2 heterocycles. The van der Waals surface area contributed by atoms with Crippen LogP contribution in [0.25, 0.3) is 0 Å². The van der Waals surface area contributed by atoms with E-state index in [1.54, 1.807) is 6.20 Å². The highest BCUT2D eigenvalue weighted by molar-refractivity contribution is 6.00. The first-order valence-corrected chi connectivity index (χ1v) is 7.39. The first-order valence-electron chi connectivity index (χ1n) is 7.39. The number of amidine groups is 1. The average molecular weight is 301 g/mol. The molecule has 1 aromatic heterocycles. The Kier molecular flexibility index (Phi) is 3.37. The van der Waals surface area contributed by atoms with Crippen LogP contribution in [0.4, 0.5) is 11.4 Å². The molecule has 1 N–H and O–H groups in total. The second-order valence-electron chi connectivity index (χ2n) is 5.05. The highest BCUT2D eigenvalue weighted by Crippen LogP contribution is 2.24. The number of pyridine rings is 1. The van der Waals surface area contributed by atoms with Gasteiger partial charge in [0.05, 0.1) is 11.4 Å². The second-order valence-corrected chi connectivity index (χ2v) is 5.05. The predicted octanol–water partition coefficient (Wildman–Crippen LogP) is 3.19. The van der Waals surface area contributed by atoms with Crippen molar-refractivity contribution in [3.05, 3.63) is 90.8 Å². The molecular formula is C18H15N5. The van der Waals surface area contributed by atoms with E-state index in [9.17, 15) is 0 Å². The molecule has 112 valence electrons. The summed E-state index contributed by atoms with van der Waals surface area (Å²) in [4.78, 5) is 4.37. The minimum absolute atomic E-state index is 0.707. The van der Waals surface area contributed by atoms with Gasteiger partial charge < -0.3 is 0 Å². The number of hydrogen-bond donors (Lipinski definition) is 1. The van der Waals surface area contributed by atoms with E-state index in [-0.39, 0.29) is 0 Å². The molecule has 0 radical (unpaired) electrons. The third-order valence-corrected chi connectivity index (χ3v) is 3.49. The number of benzene rings is 2. The molecule has 5 heteroatoms. The fraction of sp³-hybridized carbons (Fsp3) is 0. The molecule has 0 unspecified atom stereocenters. The molecule has 0 aliphatic carbocycles. The highest BCUT2D eigenvalue weighted by atomic mass is 15.9. The smallest absolute Gasteiger partial charge is 0.194 e. The number of hydrazone groups is 1. The Morgan fingerprint density at radius 2 is 1.35 bits per heavy atom. The maximum absolute atomic E-state index is 4.69. The van der Waals surface area contributed by atoms with Crippen molar-refractivity contribution in [1.29, 1.82) is 0 Å². The standard InChI is InChI=1S/C18H15N5/c1-3-9-15(10-4-1)22-20-18(17-13-7-8-14-19-17)21-23(22)16-11-5-2-6-12-16/h1-14H,(H,20,21). The summed E-state index contributed by atoms with van der Waals surface area (Å²) in [5.41, 5.74) is 6.08. The largest absolute Gasteiger partial charge is 0.257 e. The summed E-state index contributed by atoms with van der Waals surface area (Å²) < 4.78 is 0. The summed E-state index contributed by atoms with van der Waals surface area (Å²) in [6, 6.07) is 25.8. The lowest BCUT2D eigenvalue weighted by atomic mass is 10.3. The average Bonchev–Trinajstić information content (AvgIpc) is 3.09. The fourth-order valence-electron chi connectivity index (χ4n) is 2.40. The van der Waals surface area contributed by atoms with Crippen molar-refractivity contribution in [3.8, 4) is 0 Å². The molecular weight excluding hydrogens is 286 g/mol. The molecule has 4 rings (SSSR count). The SMILES string of the molecule is c1ccc(N2N=C(c3ccccn3)NN2c2ccccc2)cc1. The van der Waals surface area contributed by atoms with Gasteiger partial charge in [-0.3, -0.25) is 10.4 Å². The topological polar surface area (TPSA) is 43.8 Å². The van der Waals surface area contributed by atoms with Gasteiger partial charge in [-0.2, -0.15) is 10.2 Å². The van der Waals surface area contributed by atoms with Crippen molar-refractivity contribution >= 4 is 17.2 Å². The first kappa shape index (κ1) is 13.3. The van der Waals surface area contributed by atoms with Crippen LogP contribution in [0.1, 0.15) is 5.69 Å². The van der Waals surface area contributed by atoms with Gasteiger partial charge in [-0.25, -0.2) is 0 Å². The van der Waals surface area contributed by atoms with Gasteiger partial charge in [-0.15, -0.1) is 5.10 Å². The van der Waals surface area contributed by atoms with Crippen molar-refractivity contribution in [1.82, 2.24) is 10.4 Å². The summed E-state index contributed by atoms with van der Waals surface area (Å²) in [6.07, 6.45) is 1.76. The number of nitrogens with zero attached hydrogens (tertiary/aromatic N) is 4. The highest BCUT2D eigenvalue weighted by Gasteiger charge is 2.26. The van der Waals surface area contributed by atoms with Crippen LogP contribution < -0.4 is 15.7 Å². The summed E-state index contributed by atoms with van der Waals surface area (Å²) in [7, 11) is 0. The van der Waals surface area contributed by atoms with E-state index >= 15 is 0 Å². The molecule has 2 aromatic carbocycles. The molecule has 0 amide bonds. The third-order valence-electron chi connectivity index (χ3n) is 3.49. The van der Waals surface area contributed by atoms with Gasteiger partial charge in [0.25, 0.3) is 0 Å². The van der Waals surface area contributed by atoms with Gasteiger partial charge in [0.15, 0.2) is 5.84 Å². The monoisotopic (exact) mass is 301 g/mol. The van der Waals surface area contributed by atoms with E-state index in [1.807, 2.05) is 89.1 Å². The minimum atomic E-state index is 0.707. The Morgan fingerprint density at radius 1 is 0.696 bits per heavy atom. The predicted molar refractivity (Wildman–Crippen MR) is 91.8 cm³/mol. The van der Waals surface area contributed by atoms with E-state index in [2.05, 4.69) is 15.5 Å². The van der Waals surface area contributed by atoms with Crippen molar-refractivity contribution in [2.75, 3.05) is 10.2 Å². The maximum atomic E-state index is 4.69. The lowest BCUT2D eigenvalue weighted by Gasteiger charge is -2.27. The molecule has 0 bridgehead atoms. The molecule has 0 fully saturated rings. The molecule has 3 aromatic rings. The summed E-state index contributed by atoms with van der Waals surface area (Å²) >= 11 is 0. The van der Waals surface area contributed by atoms with E-state index in [4.69, 9.17) is 0 Å². The zero-order valence-electron chi connectivity index (χ0n) is 12.4. The molecule has 0 saturated carbocycles. The Balaban J connectivity index is 1.75. The summed E-state index contributed by atoms with van der Waals surface area (Å²) in [5.74, 6) is 0.707. The van der Waals surface area contributed by atoms with Crippen LogP contribution >= 0.6 is 0 Å². The number of para-hydroxylation sites is 2. The van der Waals surface area contributed by atoms with Crippen LogP contribution in [0.2, 0.25) is 0 Å². The van der Waals surface area contributed by atoms with Crippen molar-refractivity contribution in [2.24, 2.45) is 5.10 Å². The molecule has 23 heavy (non-hydrogen) atoms. The number of rotatable bonds is 3. The van der Waals surface area contributed by atoms with Crippen LogP contribution in [0.15, 0.2) is 90.2 Å². The molecule has 5 nitrogen and oxygen atoms in total. The van der Waals surface area contributed by atoms with Crippen LogP contribution in [0, 0.1) is 0 Å². The van der Waals surface area contributed by atoms with Gasteiger partial charge in [-0.1, -0.05) is 42.5 Å². The lowest BCUT2D eigenvalue weighted by Crippen LogP contribution is -2.44. The normalized spacial score (nSPS) is 13.7.